The van der Waals surface area contributed by atoms with Crippen LogP contribution >= 0.6 is 0 Å². The van der Waals surface area contributed by atoms with Gasteiger partial charge in [-0.15, -0.1) is 0 Å². The maximum Gasteiger partial charge on any atom is 0.270 e. The first-order chi connectivity index (χ1) is 17.1. The van der Waals surface area contributed by atoms with Crippen molar-refractivity contribution >= 4 is 16.7 Å². The van der Waals surface area contributed by atoms with E-state index in [1.807, 2.05) is 24.3 Å². The number of hydrogen-bond donors (Lipinski definition) is 0. The zero-order chi connectivity index (χ0) is 24.4. The Labute approximate surface area is 205 Å². The highest BCUT2D eigenvalue weighted by Crippen LogP contribution is 2.32. The van der Waals surface area contributed by atoms with E-state index in [0.29, 0.717) is 18.8 Å². The van der Waals surface area contributed by atoms with E-state index in [9.17, 15) is 10.1 Å². The predicted octanol–water partition coefficient (Wildman–Crippen LogP) is 4.28. The van der Waals surface area contributed by atoms with E-state index in [1.54, 1.807) is 11.6 Å². The Morgan fingerprint density at radius 1 is 0.914 bits per heavy atom. The molecule has 0 saturated carbocycles. The summed E-state index contributed by atoms with van der Waals surface area (Å²) in [4.78, 5) is 22.6. The number of nitriles is 1. The number of fused-ring (bicyclic) bond motifs is 1. The molecule has 0 bridgehead atoms. The number of aryl methyl sites for hydroxylation is 2. The van der Waals surface area contributed by atoms with Crippen molar-refractivity contribution in [1.82, 2.24) is 14.5 Å². The Balaban J connectivity index is 1.52. The van der Waals surface area contributed by atoms with Crippen LogP contribution in [-0.4, -0.2) is 40.6 Å². The molecule has 4 aromatic rings. The lowest BCUT2D eigenvalue weighted by Crippen LogP contribution is -2.48. The first-order valence-corrected chi connectivity index (χ1v) is 12.1. The Hall–Kier alpha value is -3.95. The number of hydrogen-bond acceptors (Lipinski definition) is 5. The van der Waals surface area contributed by atoms with Crippen molar-refractivity contribution in [3.63, 3.8) is 0 Å². The molecule has 0 spiro atoms. The van der Waals surface area contributed by atoms with Gasteiger partial charge in [-0.05, 0) is 29.7 Å². The molecule has 1 aliphatic rings. The number of aromatic nitrogens is 2. The predicted molar refractivity (Wildman–Crippen MR) is 140 cm³/mol. The minimum absolute atomic E-state index is 0.153. The standard InChI is InChI=1S/C29H29N5O/c1-3-23-14-15-25-26(31-23)28(24(20-30)29(35)32(25)2)34-18-16-33(17-19-34)27(21-10-6-4-7-11-21)22-12-8-5-9-13-22/h4-15,27H,3,16-19H2,1-2H3. The largest absolute Gasteiger partial charge is 0.366 e. The summed E-state index contributed by atoms with van der Waals surface area (Å²) in [6.45, 7) is 5.11. The van der Waals surface area contributed by atoms with Crippen LogP contribution in [0.15, 0.2) is 77.6 Å². The maximum absolute atomic E-state index is 13.0. The van der Waals surface area contributed by atoms with Crippen LogP contribution < -0.4 is 10.5 Å². The minimum Gasteiger partial charge on any atom is -0.366 e. The molecule has 2 aromatic carbocycles. The number of nitrogens with zero attached hydrogens (tertiary/aromatic N) is 5. The van der Waals surface area contributed by atoms with Crippen LogP contribution in [0.5, 0.6) is 0 Å². The molecule has 35 heavy (non-hydrogen) atoms. The van der Waals surface area contributed by atoms with E-state index < -0.39 is 0 Å². The Kier molecular flexibility index (Phi) is 6.35. The highest BCUT2D eigenvalue weighted by Gasteiger charge is 2.29. The minimum atomic E-state index is -0.269. The average Bonchev–Trinajstić information content (AvgIpc) is 2.92. The molecule has 0 atom stereocenters. The van der Waals surface area contributed by atoms with Crippen molar-refractivity contribution in [2.45, 2.75) is 19.4 Å². The second-order valence-corrected chi connectivity index (χ2v) is 8.97. The molecular weight excluding hydrogens is 434 g/mol. The molecule has 2 aromatic heterocycles. The fourth-order valence-electron chi connectivity index (χ4n) is 5.13. The molecule has 1 saturated heterocycles. The third-order valence-electron chi connectivity index (χ3n) is 6.97. The summed E-state index contributed by atoms with van der Waals surface area (Å²) < 4.78 is 1.54. The highest BCUT2D eigenvalue weighted by molar-refractivity contribution is 5.91. The van der Waals surface area contributed by atoms with Crippen LogP contribution in [0.3, 0.4) is 0 Å². The van der Waals surface area contributed by atoms with Gasteiger partial charge in [-0.25, -0.2) is 4.98 Å². The summed E-state index contributed by atoms with van der Waals surface area (Å²) >= 11 is 0. The summed E-state index contributed by atoms with van der Waals surface area (Å²) in [5, 5.41) is 9.95. The number of benzene rings is 2. The van der Waals surface area contributed by atoms with Crippen LogP contribution in [0.1, 0.15) is 35.3 Å². The normalized spacial score (nSPS) is 14.4. The van der Waals surface area contributed by atoms with Gasteiger partial charge in [-0.3, -0.25) is 9.69 Å². The average molecular weight is 464 g/mol. The van der Waals surface area contributed by atoms with Crippen molar-refractivity contribution in [2.24, 2.45) is 7.05 Å². The van der Waals surface area contributed by atoms with Crippen LogP contribution in [0, 0.1) is 11.3 Å². The number of pyridine rings is 2. The van der Waals surface area contributed by atoms with Crippen LogP contribution in [-0.2, 0) is 13.5 Å². The van der Waals surface area contributed by atoms with Gasteiger partial charge in [-0.2, -0.15) is 5.26 Å². The van der Waals surface area contributed by atoms with Crippen molar-refractivity contribution in [2.75, 3.05) is 31.1 Å². The third-order valence-corrected chi connectivity index (χ3v) is 6.97. The molecule has 5 rings (SSSR count). The van der Waals surface area contributed by atoms with Gasteiger partial charge in [0.1, 0.15) is 17.1 Å². The molecule has 0 radical (unpaired) electrons. The topological polar surface area (TPSA) is 65.2 Å². The molecule has 6 heteroatoms. The summed E-state index contributed by atoms with van der Waals surface area (Å²) in [5.41, 5.74) is 5.56. The van der Waals surface area contributed by atoms with E-state index in [4.69, 9.17) is 4.98 Å². The summed E-state index contributed by atoms with van der Waals surface area (Å²) in [6.07, 6.45) is 0.795. The number of piperazine rings is 1. The van der Waals surface area contributed by atoms with Gasteiger partial charge in [0.15, 0.2) is 0 Å². The van der Waals surface area contributed by atoms with Crippen molar-refractivity contribution in [3.8, 4) is 6.07 Å². The summed E-state index contributed by atoms with van der Waals surface area (Å²) in [6, 6.07) is 27.4. The lowest BCUT2D eigenvalue weighted by atomic mass is 9.96. The van der Waals surface area contributed by atoms with Gasteiger partial charge in [0.2, 0.25) is 0 Å². The van der Waals surface area contributed by atoms with E-state index in [0.717, 1.165) is 36.2 Å². The van der Waals surface area contributed by atoms with Crippen LogP contribution in [0.4, 0.5) is 5.69 Å². The molecule has 1 aliphatic heterocycles. The third kappa shape index (κ3) is 4.20. The number of anilines is 1. The fourth-order valence-corrected chi connectivity index (χ4v) is 5.13. The Morgan fingerprint density at radius 2 is 1.51 bits per heavy atom. The van der Waals surface area contributed by atoms with E-state index in [2.05, 4.69) is 71.3 Å². The first kappa shape index (κ1) is 22.8. The number of rotatable bonds is 5. The molecule has 1 fully saturated rings. The van der Waals surface area contributed by atoms with Crippen molar-refractivity contribution in [1.29, 1.82) is 5.26 Å². The quantitative estimate of drug-likeness (QED) is 0.442. The van der Waals surface area contributed by atoms with E-state index in [-0.39, 0.29) is 17.2 Å². The van der Waals surface area contributed by atoms with Gasteiger partial charge in [0, 0.05) is 38.9 Å². The Bertz CT molecular complexity index is 1390. The second kappa shape index (κ2) is 9.73. The van der Waals surface area contributed by atoms with Gasteiger partial charge in [0.25, 0.3) is 5.56 Å². The molecule has 0 aliphatic carbocycles. The molecule has 176 valence electrons. The second-order valence-electron chi connectivity index (χ2n) is 8.97. The fraction of sp³-hybridized carbons (Fsp3) is 0.276. The van der Waals surface area contributed by atoms with E-state index >= 15 is 0 Å². The van der Waals surface area contributed by atoms with Gasteiger partial charge in [0.05, 0.1) is 17.2 Å². The molecule has 0 unspecified atom stereocenters. The first-order valence-electron chi connectivity index (χ1n) is 12.1. The highest BCUT2D eigenvalue weighted by atomic mass is 16.1. The SMILES string of the molecule is CCc1ccc2c(n1)c(N1CCN(C(c3ccccc3)c3ccccc3)CC1)c(C#N)c(=O)n2C. The summed E-state index contributed by atoms with van der Waals surface area (Å²) in [5.74, 6) is 0. The zero-order valence-corrected chi connectivity index (χ0v) is 20.2. The van der Waals surface area contributed by atoms with E-state index in [1.165, 1.54) is 11.1 Å². The Morgan fingerprint density at radius 3 is 2.06 bits per heavy atom. The van der Waals surface area contributed by atoms with Crippen LogP contribution in [0.2, 0.25) is 0 Å². The monoisotopic (exact) mass is 463 g/mol. The molecular formula is C29H29N5O. The van der Waals surface area contributed by atoms with Crippen LogP contribution in [0.25, 0.3) is 11.0 Å². The van der Waals surface area contributed by atoms with Gasteiger partial charge >= 0.3 is 0 Å². The lowest BCUT2D eigenvalue weighted by Gasteiger charge is -2.41. The molecule has 0 N–H and O–H groups in total. The van der Waals surface area contributed by atoms with Gasteiger partial charge in [-0.1, -0.05) is 67.6 Å². The molecule has 3 heterocycles. The van der Waals surface area contributed by atoms with Crippen molar-refractivity contribution < 1.29 is 0 Å². The molecule has 0 amide bonds. The van der Waals surface area contributed by atoms with Crippen molar-refractivity contribution in [3.05, 3.63) is 106 Å². The smallest absolute Gasteiger partial charge is 0.270 e. The zero-order valence-electron chi connectivity index (χ0n) is 20.2. The van der Waals surface area contributed by atoms with Gasteiger partial charge < -0.3 is 9.47 Å². The summed E-state index contributed by atoms with van der Waals surface area (Å²) in [7, 11) is 1.71. The maximum atomic E-state index is 13.0. The molecule has 6 nitrogen and oxygen atoms in total. The lowest BCUT2D eigenvalue weighted by molar-refractivity contribution is 0.212.